The van der Waals surface area contributed by atoms with Crippen LogP contribution in [0.2, 0.25) is 0 Å². The van der Waals surface area contributed by atoms with Crippen molar-refractivity contribution in [2.45, 2.75) is 19.2 Å². The fourth-order valence-corrected chi connectivity index (χ4v) is 3.54. The lowest BCUT2D eigenvalue weighted by molar-refractivity contribution is -0.133. The van der Waals surface area contributed by atoms with Crippen molar-refractivity contribution >= 4 is 18.6 Å². The van der Waals surface area contributed by atoms with Crippen molar-refractivity contribution < 1.29 is 24.1 Å². The number of hydrogen-bond acceptors (Lipinski definition) is 4. The molecule has 5 nitrogen and oxygen atoms in total. The highest BCUT2D eigenvalue weighted by Gasteiger charge is 2.35. The molecule has 0 aliphatic heterocycles. The average molecular weight is 320 g/mol. The van der Waals surface area contributed by atoms with Gasteiger partial charge in [0.1, 0.15) is 5.75 Å². The van der Waals surface area contributed by atoms with E-state index in [4.69, 9.17) is 4.74 Å². The Hall–Kier alpha value is -1.94. The van der Waals surface area contributed by atoms with Gasteiger partial charge in [0.15, 0.2) is 5.85 Å². The minimum absolute atomic E-state index is 0.00448. The molecule has 0 amide bonds. The fraction of sp³-hybridized carbons (Fsp3) is 0.188. The quantitative estimate of drug-likeness (QED) is 0.502. The number of carbonyl (C=O) groups is 1. The summed E-state index contributed by atoms with van der Waals surface area (Å²) in [5, 5.41) is 10.2. The van der Waals surface area contributed by atoms with Crippen molar-refractivity contribution in [3.05, 3.63) is 60.2 Å². The Labute approximate surface area is 128 Å². The summed E-state index contributed by atoms with van der Waals surface area (Å²) >= 11 is 0. The Bertz CT molecular complexity index is 699. The number of ether oxygens (including phenoxy) is 1. The second kappa shape index (κ2) is 6.88. The molecule has 0 aliphatic rings. The normalized spacial score (nSPS) is 14.9. The standard InChI is InChI=1S/C16H17O5P/c1-2-15(17)21-13-10-6-7-11-14(13)22(19,20)16(18)12-8-4-3-5-9-12/h3-11,16,18H,2H2,1H3,(H,19,20). The highest BCUT2D eigenvalue weighted by molar-refractivity contribution is 7.66. The van der Waals surface area contributed by atoms with E-state index in [1.807, 2.05) is 0 Å². The average Bonchev–Trinajstić information content (AvgIpc) is 2.55. The van der Waals surface area contributed by atoms with Gasteiger partial charge in [-0.2, -0.15) is 0 Å². The van der Waals surface area contributed by atoms with Crippen LogP contribution in [0.4, 0.5) is 0 Å². The van der Waals surface area contributed by atoms with Crippen molar-refractivity contribution in [1.29, 1.82) is 0 Å². The maximum absolute atomic E-state index is 12.7. The van der Waals surface area contributed by atoms with Crippen molar-refractivity contribution in [2.24, 2.45) is 0 Å². The molecule has 0 heterocycles. The van der Waals surface area contributed by atoms with Gasteiger partial charge in [-0.05, 0) is 17.7 Å². The van der Waals surface area contributed by atoms with E-state index in [9.17, 15) is 19.4 Å². The Morgan fingerprint density at radius 2 is 1.73 bits per heavy atom. The predicted octanol–water partition coefficient (Wildman–Crippen LogP) is 2.59. The summed E-state index contributed by atoms with van der Waals surface area (Å²) in [7, 11) is -4.18. The van der Waals surface area contributed by atoms with E-state index in [1.54, 1.807) is 49.4 Å². The molecule has 0 aliphatic carbocycles. The van der Waals surface area contributed by atoms with E-state index in [-0.39, 0.29) is 17.5 Å². The molecule has 2 aromatic rings. The van der Waals surface area contributed by atoms with Gasteiger partial charge in [-0.15, -0.1) is 0 Å². The predicted molar refractivity (Wildman–Crippen MR) is 83.2 cm³/mol. The van der Waals surface area contributed by atoms with E-state index in [0.29, 0.717) is 5.56 Å². The third kappa shape index (κ3) is 3.45. The van der Waals surface area contributed by atoms with Crippen molar-refractivity contribution in [2.75, 3.05) is 0 Å². The Kier molecular flexibility index (Phi) is 5.14. The van der Waals surface area contributed by atoms with Crippen molar-refractivity contribution in [3.8, 4) is 5.75 Å². The van der Waals surface area contributed by atoms with Gasteiger partial charge in [0, 0.05) is 6.42 Å². The lowest BCUT2D eigenvalue weighted by Gasteiger charge is -2.20. The highest BCUT2D eigenvalue weighted by atomic mass is 31.2. The number of esters is 1. The molecular weight excluding hydrogens is 303 g/mol. The Balaban J connectivity index is 2.41. The number of carbonyl (C=O) groups excluding carboxylic acids is 1. The number of rotatable bonds is 5. The first kappa shape index (κ1) is 16.4. The maximum Gasteiger partial charge on any atom is 0.310 e. The van der Waals surface area contributed by atoms with Gasteiger partial charge >= 0.3 is 5.97 Å². The largest absolute Gasteiger partial charge is 0.426 e. The first-order valence-corrected chi connectivity index (χ1v) is 8.55. The molecule has 6 heteroatoms. The Morgan fingerprint density at radius 3 is 2.36 bits per heavy atom. The summed E-state index contributed by atoms with van der Waals surface area (Å²) in [6.07, 6.45) is 0.144. The summed E-state index contributed by atoms with van der Waals surface area (Å²) in [4.78, 5) is 21.8. The second-order valence-corrected chi connectivity index (χ2v) is 6.92. The SMILES string of the molecule is CCC(=O)Oc1ccccc1P(=O)(O)C(O)c1ccccc1. The lowest BCUT2D eigenvalue weighted by Crippen LogP contribution is -2.17. The first-order valence-electron chi connectivity index (χ1n) is 6.82. The topological polar surface area (TPSA) is 83.8 Å². The van der Waals surface area contributed by atoms with Gasteiger partial charge in [-0.1, -0.05) is 49.4 Å². The Morgan fingerprint density at radius 1 is 1.14 bits per heavy atom. The van der Waals surface area contributed by atoms with E-state index in [0.717, 1.165) is 0 Å². The summed E-state index contributed by atoms with van der Waals surface area (Å²) in [6, 6.07) is 14.2. The molecule has 2 aromatic carbocycles. The third-order valence-electron chi connectivity index (χ3n) is 3.15. The third-order valence-corrected chi connectivity index (χ3v) is 5.17. The molecule has 2 N–H and O–H groups in total. The molecule has 0 fully saturated rings. The molecule has 116 valence electrons. The molecule has 22 heavy (non-hydrogen) atoms. The summed E-state index contributed by atoms with van der Waals surface area (Å²) < 4.78 is 17.8. The number of aliphatic hydroxyl groups is 1. The van der Waals surface area contributed by atoms with E-state index in [2.05, 4.69) is 0 Å². The molecule has 0 radical (unpaired) electrons. The van der Waals surface area contributed by atoms with Gasteiger partial charge in [0.05, 0.1) is 5.30 Å². The van der Waals surface area contributed by atoms with Crippen LogP contribution in [0.1, 0.15) is 24.8 Å². The van der Waals surface area contributed by atoms with E-state index < -0.39 is 19.2 Å². The van der Waals surface area contributed by atoms with Crippen molar-refractivity contribution in [3.63, 3.8) is 0 Å². The van der Waals surface area contributed by atoms with Crippen LogP contribution in [0, 0.1) is 0 Å². The van der Waals surface area contributed by atoms with Gasteiger partial charge in [0.2, 0.25) is 0 Å². The summed E-state index contributed by atoms with van der Waals surface area (Å²) in [5.74, 6) is -2.10. The fourth-order valence-electron chi connectivity index (χ4n) is 1.96. The molecule has 2 unspecified atom stereocenters. The monoisotopic (exact) mass is 320 g/mol. The van der Waals surface area contributed by atoms with Crippen LogP contribution < -0.4 is 10.0 Å². The van der Waals surface area contributed by atoms with Gasteiger partial charge in [0.25, 0.3) is 7.37 Å². The maximum atomic E-state index is 12.7. The van der Waals surface area contributed by atoms with Gasteiger partial charge in [-0.3, -0.25) is 9.36 Å². The molecule has 0 saturated heterocycles. The van der Waals surface area contributed by atoms with Gasteiger partial charge < -0.3 is 14.7 Å². The van der Waals surface area contributed by atoms with E-state index in [1.165, 1.54) is 12.1 Å². The molecule has 0 aromatic heterocycles. The van der Waals surface area contributed by atoms with Gasteiger partial charge in [-0.25, -0.2) is 0 Å². The number of aliphatic hydroxyl groups excluding tert-OH is 1. The van der Waals surface area contributed by atoms with Crippen LogP contribution in [-0.4, -0.2) is 16.0 Å². The highest BCUT2D eigenvalue weighted by Crippen LogP contribution is 2.54. The first-order chi connectivity index (χ1) is 10.5. The van der Waals surface area contributed by atoms with Crippen LogP contribution in [-0.2, 0) is 9.36 Å². The molecule has 0 saturated carbocycles. The summed E-state index contributed by atoms with van der Waals surface area (Å²) in [6.45, 7) is 1.63. The zero-order valence-electron chi connectivity index (χ0n) is 12.0. The summed E-state index contributed by atoms with van der Waals surface area (Å²) in [5.41, 5.74) is 0.324. The zero-order chi connectivity index (χ0) is 16.2. The lowest BCUT2D eigenvalue weighted by atomic mass is 10.2. The minimum Gasteiger partial charge on any atom is -0.426 e. The van der Waals surface area contributed by atoms with Crippen LogP contribution in [0.15, 0.2) is 54.6 Å². The van der Waals surface area contributed by atoms with Crippen LogP contribution in [0.5, 0.6) is 5.75 Å². The molecule has 2 rings (SSSR count). The molecular formula is C16H17O5P. The number of para-hydroxylation sites is 1. The van der Waals surface area contributed by atoms with Crippen LogP contribution >= 0.6 is 7.37 Å². The number of hydrogen-bond donors (Lipinski definition) is 2. The van der Waals surface area contributed by atoms with Crippen molar-refractivity contribution in [1.82, 2.24) is 0 Å². The molecule has 0 spiro atoms. The van der Waals surface area contributed by atoms with E-state index >= 15 is 0 Å². The minimum atomic E-state index is -4.18. The smallest absolute Gasteiger partial charge is 0.310 e. The van der Waals surface area contributed by atoms with Crippen LogP contribution in [0.3, 0.4) is 0 Å². The molecule has 2 atom stereocenters. The van der Waals surface area contributed by atoms with Crippen LogP contribution in [0.25, 0.3) is 0 Å². The number of benzene rings is 2. The molecule has 0 bridgehead atoms. The second-order valence-electron chi connectivity index (χ2n) is 4.70. The zero-order valence-corrected chi connectivity index (χ0v) is 12.9.